The lowest BCUT2D eigenvalue weighted by molar-refractivity contribution is -0.131. The number of nitrogens with one attached hydrogen (secondary N) is 1. The van der Waals surface area contributed by atoms with Crippen LogP contribution in [0, 0.1) is 5.82 Å². The van der Waals surface area contributed by atoms with Crippen LogP contribution in [-0.2, 0) is 11.2 Å². The average Bonchev–Trinajstić information content (AvgIpc) is 3.08. The summed E-state index contributed by atoms with van der Waals surface area (Å²) in [6.07, 6.45) is 2.31. The maximum atomic E-state index is 13.0. The minimum absolute atomic E-state index is 0.0902. The van der Waals surface area contributed by atoms with Crippen molar-refractivity contribution >= 4 is 16.9 Å². The molecule has 1 saturated heterocycles. The summed E-state index contributed by atoms with van der Waals surface area (Å²) < 4.78 is 13.0. The van der Waals surface area contributed by atoms with Gasteiger partial charge in [0, 0.05) is 19.0 Å². The molecule has 1 aliphatic rings. The van der Waals surface area contributed by atoms with Gasteiger partial charge in [-0.25, -0.2) is 9.37 Å². The minimum atomic E-state index is -0.279. The number of hydrogen-bond donors (Lipinski definition) is 1. The first-order valence-electron chi connectivity index (χ1n) is 8.66. The third kappa shape index (κ3) is 3.40. The van der Waals surface area contributed by atoms with E-state index in [1.165, 1.54) is 12.1 Å². The summed E-state index contributed by atoms with van der Waals surface area (Å²) in [5, 5.41) is 0. The van der Waals surface area contributed by atoms with Crippen molar-refractivity contribution in [2.75, 3.05) is 13.1 Å². The van der Waals surface area contributed by atoms with Crippen LogP contribution < -0.4 is 0 Å². The van der Waals surface area contributed by atoms with Gasteiger partial charge in [0.05, 0.1) is 17.5 Å². The molecule has 2 aromatic carbocycles. The summed E-state index contributed by atoms with van der Waals surface area (Å²) in [7, 11) is 0. The normalized spacial score (nSPS) is 17.8. The number of hydrogen-bond acceptors (Lipinski definition) is 2. The van der Waals surface area contributed by atoms with E-state index in [2.05, 4.69) is 9.97 Å². The highest BCUT2D eigenvalue weighted by molar-refractivity contribution is 5.79. The maximum Gasteiger partial charge on any atom is 0.227 e. The summed E-state index contributed by atoms with van der Waals surface area (Å²) in [5.41, 5.74) is 2.84. The fourth-order valence-corrected chi connectivity index (χ4v) is 3.48. The number of aromatic nitrogens is 2. The van der Waals surface area contributed by atoms with Gasteiger partial charge in [-0.1, -0.05) is 24.3 Å². The maximum absolute atomic E-state index is 13.0. The number of imidazole rings is 1. The molecule has 0 aliphatic carbocycles. The standard InChI is InChI=1S/C20H20FN3O/c21-16-9-7-14(8-10-16)12-19(25)24-11-3-4-15(13-24)20-22-17-5-1-2-6-18(17)23-20/h1-2,5-10,15H,3-4,11-13H2,(H,22,23). The van der Waals surface area contributed by atoms with Crippen LogP contribution >= 0.6 is 0 Å². The Morgan fingerprint density at radius 2 is 2.00 bits per heavy atom. The summed E-state index contributed by atoms with van der Waals surface area (Å²) in [4.78, 5) is 22.6. The predicted octanol–water partition coefficient (Wildman–Crippen LogP) is 3.65. The van der Waals surface area contributed by atoms with Crippen LogP contribution in [0.3, 0.4) is 0 Å². The van der Waals surface area contributed by atoms with E-state index in [0.717, 1.165) is 41.8 Å². The monoisotopic (exact) mass is 337 g/mol. The van der Waals surface area contributed by atoms with E-state index < -0.39 is 0 Å². The van der Waals surface area contributed by atoms with Gasteiger partial charge in [0.1, 0.15) is 11.6 Å². The van der Waals surface area contributed by atoms with Crippen LogP contribution in [0.25, 0.3) is 11.0 Å². The van der Waals surface area contributed by atoms with Crippen LogP contribution in [0.1, 0.15) is 30.1 Å². The number of piperidine rings is 1. The van der Waals surface area contributed by atoms with E-state index in [-0.39, 0.29) is 17.6 Å². The van der Waals surface area contributed by atoms with Gasteiger partial charge in [-0.05, 0) is 42.7 Å². The largest absolute Gasteiger partial charge is 0.342 e. The summed E-state index contributed by atoms with van der Waals surface area (Å²) >= 11 is 0. The molecule has 25 heavy (non-hydrogen) atoms. The highest BCUT2D eigenvalue weighted by atomic mass is 19.1. The van der Waals surface area contributed by atoms with Gasteiger partial charge in [-0.2, -0.15) is 0 Å². The quantitative estimate of drug-likeness (QED) is 0.793. The van der Waals surface area contributed by atoms with Crippen LogP contribution in [0.4, 0.5) is 4.39 Å². The Hall–Kier alpha value is -2.69. The number of amides is 1. The zero-order chi connectivity index (χ0) is 17.2. The van der Waals surface area contributed by atoms with Crippen LogP contribution in [0.5, 0.6) is 0 Å². The van der Waals surface area contributed by atoms with Crippen molar-refractivity contribution in [2.24, 2.45) is 0 Å². The summed E-state index contributed by atoms with van der Waals surface area (Å²) in [6, 6.07) is 14.1. The molecule has 3 aromatic rings. The van der Waals surface area contributed by atoms with Gasteiger partial charge >= 0.3 is 0 Å². The highest BCUT2D eigenvalue weighted by Gasteiger charge is 2.26. The number of nitrogens with zero attached hydrogens (tertiary/aromatic N) is 2. The van der Waals surface area contributed by atoms with Crippen LogP contribution in [0.2, 0.25) is 0 Å². The van der Waals surface area contributed by atoms with Crippen LogP contribution in [-0.4, -0.2) is 33.9 Å². The fraction of sp³-hybridized carbons (Fsp3) is 0.300. The molecule has 1 N–H and O–H groups in total. The molecule has 4 nitrogen and oxygen atoms in total. The van der Waals surface area contributed by atoms with Gasteiger partial charge in [0.2, 0.25) is 5.91 Å². The molecule has 1 fully saturated rings. The van der Waals surface area contributed by atoms with Gasteiger partial charge in [-0.15, -0.1) is 0 Å². The lowest BCUT2D eigenvalue weighted by Crippen LogP contribution is -2.40. The fourth-order valence-electron chi connectivity index (χ4n) is 3.48. The Balaban J connectivity index is 1.46. The summed E-state index contributed by atoms with van der Waals surface area (Å²) in [5.74, 6) is 1.00. The lowest BCUT2D eigenvalue weighted by atomic mass is 9.96. The van der Waals surface area contributed by atoms with Gasteiger partial charge < -0.3 is 9.88 Å². The Kier molecular flexibility index (Phi) is 4.22. The second kappa shape index (κ2) is 6.67. The first-order valence-corrected chi connectivity index (χ1v) is 8.66. The molecule has 0 spiro atoms. The molecule has 0 bridgehead atoms. The first-order chi connectivity index (χ1) is 12.2. The molecule has 1 amide bonds. The Labute approximate surface area is 145 Å². The van der Waals surface area contributed by atoms with E-state index in [4.69, 9.17) is 0 Å². The number of aromatic amines is 1. The molecular weight excluding hydrogens is 317 g/mol. The lowest BCUT2D eigenvalue weighted by Gasteiger charge is -2.32. The SMILES string of the molecule is O=C(Cc1ccc(F)cc1)N1CCCC(c2nc3ccccc3[nH]2)C1. The van der Waals surface area contributed by atoms with Crippen molar-refractivity contribution in [3.05, 3.63) is 65.7 Å². The zero-order valence-corrected chi connectivity index (χ0v) is 13.9. The molecule has 5 heteroatoms. The Morgan fingerprint density at radius 1 is 1.20 bits per heavy atom. The number of rotatable bonds is 3. The van der Waals surface area contributed by atoms with Crippen molar-refractivity contribution in [1.82, 2.24) is 14.9 Å². The van der Waals surface area contributed by atoms with Crippen molar-refractivity contribution in [1.29, 1.82) is 0 Å². The van der Waals surface area contributed by atoms with Crippen LogP contribution in [0.15, 0.2) is 48.5 Å². The molecule has 1 aliphatic heterocycles. The number of carbonyl (C=O) groups excluding carboxylic acids is 1. The zero-order valence-electron chi connectivity index (χ0n) is 13.9. The number of para-hydroxylation sites is 2. The molecule has 1 unspecified atom stereocenters. The number of fused-ring (bicyclic) bond motifs is 1. The number of benzene rings is 2. The molecular formula is C20H20FN3O. The predicted molar refractivity (Wildman–Crippen MR) is 94.8 cm³/mol. The topological polar surface area (TPSA) is 49.0 Å². The molecule has 1 aromatic heterocycles. The van der Waals surface area contributed by atoms with Gasteiger partial charge in [0.25, 0.3) is 0 Å². The average molecular weight is 337 g/mol. The molecule has 0 radical (unpaired) electrons. The second-order valence-corrected chi connectivity index (χ2v) is 6.62. The van der Waals surface area contributed by atoms with E-state index in [1.54, 1.807) is 12.1 Å². The van der Waals surface area contributed by atoms with Crippen molar-refractivity contribution in [2.45, 2.75) is 25.2 Å². The van der Waals surface area contributed by atoms with E-state index in [1.807, 2.05) is 29.2 Å². The number of H-pyrrole nitrogens is 1. The number of carbonyl (C=O) groups is 1. The molecule has 2 heterocycles. The summed E-state index contributed by atoms with van der Waals surface area (Å²) in [6.45, 7) is 1.45. The first kappa shape index (κ1) is 15.8. The Morgan fingerprint density at radius 3 is 2.80 bits per heavy atom. The smallest absolute Gasteiger partial charge is 0.227 e. The molecule has 1 atom stereocenters. The molecule has 4 rings (SSSR count). The number of halogens is 1. The van der Waals surface area contributed by atoms with E-state index in [9.17, 15) is 9.18 Å². The molecule has 128 valence electrons. The third-order valence-electron chi connectivity index (χ3n) is 4.84. The third-order valence-corrected chi connectivity index (χ3v) is 4.84. The highest BCUT2D eigenvalue weighted by Crippen LogP contribution is 2.27. The number of likely N-dealkylation sites (tertiary alicyclic amines) is 1. The van der Waals surface area contributed by atoms with Crippen molar-refractivity contribution < 1.29 is 9.18 Å². The van der Waals surface area contributed by atoms with E-state index >= 15 is 0 Å². The molecule has 0 saturated carbocycles. The van der Waals surface area contributed by atoms with Gasteiger partial charge in [-0.3, -0.25) is 4.79 Å². The Bertz CT molecular complexity index is 854. The van der Waals surface area contributed by atoms with Crippen molar-refractivity contribution in [3.63, 3.8) is 0 Å². The van der Waals surface area contributed by atoms with E-state index in [0.29, 0.717) is 13.0 Å². The second-order valence-electron chi connectivity index (χ2n) is 6.62. The van der Waals surface area contributed by atoms with Gasteiger partial charge in [0.15, 0.2) is 0 Å². The van der Waals surface area contributed by atoms with Crippen molar-refractivity contribution in [3.8, 4) is 0 Å². The minimum Gasteiger partial charge on any atom is -0.342 e.